The summed E-state index contributed by atoms with van der Waals surface area (Å²) in [4.78, 5) is 24.2. The molecular formula is C19H26N4O4. The average molecular weight is 374 g/mol. The largest absolute Gasteiger partial charge is 0.469 e. The van der Waals surface area contributed by atoms with Gasteiger partial charge in [-0.15, -0.1) is 0 Å². The van der Waals surface area contributed by atoms with Crippen LogP contribution in [0.15, 0.2) is 30.3 Å². The Balaban J connectivity index is 2.20. The Bertz CT molecular complexity index is 818. The standard InChI is InChI=1S/C19H26N4O4/c1-13-10-14(2)23(22-13)16-9-7-6-8-15(16)20-18(25)21-19(3,12-26-4)11-17(24)27-5/h6-10H,11-12H2,1-5H3,(H2,20,21,25). The number of nitrogens with zero attached hydrogens (tertiary/aromatic N) is 2. The first-order valence-electron chi connectivity index (χ1n) is 8.55. The molecular weight excluding hydrogens is 348 g/mol. The molecule has 1 atom stereocenters. The molecule has 0 saturated heterocycles. The van der Waals surface area contributed by atoms with E-state index in [1.807, 2.05) is 38.1 Å². The van der Waals surface area contributed by atoms with Crippen LogP contribution in [-0.4, -0.2) is 48.1 Å². The number of hydrogen-bond acceptors (Lipinski definition) is 5. The number of nitrogens with one attached hydrogen (secondary N) is 2. The van der Waals surface area contributed by atoms with Gasteiger partial charge in [0.05, 0.1) is 42.7 Å². The summed E-state index contributed by atoms with van der Waals surface area (Å²) in [5, 5.41) is 10.1. The molecule has 0 aliphatic heterocycles. The molecule has 1 unspecified atom stereocenters. The zero-order valence-corrected chi connectivity index (χ0v) is 16.3. The molecule has 1 aromatic carbocycles. The van der Waals surface area contributed by atoms with Gasteiger partial charge in [0, 0.05) is 12.8 Å². The van der Waals surface area contributed by atoms with Gasteiger partial charge in [0.25, 0.3) is 0 Å². The number of methoxy groups -OCH3 is 2. The number of aryl methyl sites for hydroxylation is 2. The van der Waals surface area contributed by atoms with Gasteiger partial charge in [-0.3, -0.25) is 4.79 Å². The van der Waals surface area contributed by atoms with Crippen molar-refractivity contribution in [2.75, 3.05) is 26.1 Å². The molecule has 8 heteroatoms. The predicted octanol–water partition coefficient (Wildman–Crippen LogP) is 2.58. The number of hydrogen-bond donors (Lipinski definition) is 2. The number of benzene rings is 1. The Hall–Kier alpha value is -2.87. The molecule has 27 heavy (non-hydrogen) atoms. The highest BCUT2D eigenvalue weighted by molar-refractivity contribution is 5.92. The Kier molecular flexibility index (Phi) is 6.57. The zero-order chi connectivity index (χ0) is 20.0. The maximum atomic E-state index is 12.6. The lowest BCUT2D eigenvalue weighted by molar-refractivity contribution is -0.142. The second-order valence-electron chi connectivity index (χ2n) is 6.68. The minimum atomic E-state index is -0.904. The first-order chi connectivity index (χ1) is 12.8. The van der Waals surface area contributed by atoms with E-state index in [1.54, 1.807) is 17.7 Å². The van der Waals surface area contributed by atoms with Crippen molar-refractivity contribution >= 4 is 17.7 Å². The van der Waals surface area contributed by atoms with Crippen LogP contribution in [0.4, 0.5) is 10.5 Å². The molecule has 0 aliphatic carbocycles. The van der Waals surface area contributed by atoms with E-state index in [1.165, 1.54) is 14.2 Å². The minimum absolute atomic E-state index is 0.0101. The van der Waals surface area contributed by atoms with Crippen LogP contribution in [0.1, 0.15) is 24.7 Å². The summed E-state index contributed by atoms with van der Waals surface area (Å²) >= 11 is 0. The van der Waals surface area contributed by atoms with Gasteiger partial charge in [-0.2, -0.15) is 5.10 Å². The van der Waals surface area contributed by atoms with Crippen LogP contribution in [0.3, 0.4) is 0 Å². The summed E-state index contributed by atoms with van der Waals surface area (Å²) in [7, 11) is 2.81. The maximum absolute atomic E-state index is 12.6. The average Bonchev–Trinajstić information content (AvgIpc) is 2.93. The molecule has 2 N–H and O–H groups in total. The zero-order valence-electron chi connectivity index (χ0n) is 16.3. The van der Waals surface area contributed by atoms with Crippen LogP contribution < -0.4 is 10.6 Å². The molecule has 0 radical (unpaired) electrons. The Labute approximate surface area is 158 Å². The number of esters is 1. The molecule has 0 fully saturated rings. The van der Waals surface area contributed by atoms with Crippen molar-refractivity contribution in [3.63, 3.8) is 0 Å². The predicted molar refractivity (Wildman–Crippen MR) is 102 cm³/mol. The quantitative estimate of drug-likeness (QED) is 0.727. The van der Waals surface area contributed by atoms with Crippen LogP contribution in [0.25, 0.3) is 5.69 Å². The van der Waals surface area contributed by atoms with Crippen molar-refractivity contribution < 1.29 is 19.1 Å². The van der Waals surface area contributed by atoms with E-state index in [-0.39, 0.29) is 13.0 Å². The summed E-state index contributed by atoms with van der Waals surface area (Å²) in [6, 6.07) is 8.88. The third kappa shape index (κ3) is 5.30. The van der Waals surface area contributed by atoms with Crippen molar-refractivity contribution in [2.45, 2.75) is 32.7 Å². The van der Waals surface area contributed by atoms with E-state index in [4.69, 9.17) is 9.47 Å². The molecule has 1 aromatic heterocycles. The van der Waals surface area contributed by atoms with E-state index in [2.05, 4.69) is 15.7 Å². The number of para-hydroxylation sites is 2. The van der Waals surface area contributed by atoms with Gasteiger partial charge in [0.15, 0.2) is 0 Å². The van der Waals surface area contributed by atoms with E-state index < -0.39 is 17.5 Å². The normalized spacial score (nSPS) is 12.9. The highest BCUT2D eigenvalue weighted by Crippen LogP contribution is 2.22. The highest BCUT2D eigenvalue weighted by Gasteiger charge is 2.30. The third-order valence-corrected chi connectivity index (χ3v) is 4.03. The van der Waals surface area contributed by atoms with Crippen LogP contribution >= 0.6 is 0 Å². The van der Waals surface area contributed by atoms with E-state index in [9.17, 15) is 9.59 Å². The van der Waals surface area contributed by atoms with E-state index >= 15 is 0 Å². The third-order valence-electron chi connectivity index (χ3n) is 4.03. The summed E-state index contributed by atoms with van der Waals surface area (Å²) in [6.07, 6.45) is -0.0101. The lowest BCUT2D eigenvalue weighted by atomic mass is 9.99. The second kappa shape index (κ2) is 8.68. The number of carbonyl (C=O) groups excluding carboxylic acids is 2. The summed E-state index contributed by atoms with van der Waals surface area (Å²) in [6.45, 7) is 5.74. The van der Waals surface area contributed by atoms with Gasteiger partial charge in [-0.1, -0.05) is 12.1 Å². The second-order valence-corrected chi connectivity index (χ2v) is 6.68. The van der Waals surface area contributed by atoms with Crippen LogP contribution in [-0.2, 0) is 14.3 Å². The topological polar surface area (TPSA) is 94.5 Å². The number of aromatic nitrogens is 2. The number of carbonyl (C=O) groups is 2. The molecule has 1 heterocycles. The highest BCUT2D eigenvalue weighted by atomic mass is 16.5. The molecule has 0 spiro atoms. The first kappa shape index (κ1) is 20.4. The minimum Gasteiger partial charge on any atom is -0.469 e. The molecule has 2 rings (SSSR count). The number of rotatable bonds is 7. The SMILES string of the molecule is COCC(C)(CC(=O)OC)NC(=O)Nc1ccccc1-n1nc(C)cc1C. The van der Waals surface area contributed by atoms with Gasteiger partial charge in [0.1, 0.15) is 0 Å². The van der Waals surface area contributed by atoms with Crippen molar-refractivity contribution in [1.82, 2.24) is 15.1 Å². The van der Waals surface area contributed by atoms with Crippen LogP contribution in [0.5, 0.6) is 0 Å². The van der Waals surface area contributed by atoms with Crippen molar-refractivity contribution in [3.05, 3.63) is 41.7 Å². The molecule has 2 aromatic rings. The number of urea groups is 1. The smallest absolute Gasteiger partial charge is 0.319 e. The first-order valence-corrected chi connectivity index (χ1v) is 8.55. The Morgan fingerprint density at radius 1 is 1.22 bits per heavy atom. The molecule has 0 bridgehead atoms. The van der Waals surface area contributed by atoms with Gasteiger partial charge in [-0.25, -0.2) is 9.48 Å². The van der Waals surface area contributed by atoms with Crippen molar-refractivity contribution in [3.8, 4) is 5.69 Å². The van der Waals surface area contributed by atoms with Gasteiger partial charge < -0.3 is 20.1 Å². The molecule has 2 amide bonds. The molecule has 146 valence electrons. The monoisotopic (exact) mass is 374 g/mol. The summed E-state index contributed by atoms with van der Waals surface area (Å²) in [5.74, 6) is -0.433. The van der Waals surface area contributed by atoms with Crippen LogP contribution in [0, 0.1) is 13.8 Å². The number of amides is 2. The fourth-order valence-electron chi connectivity index (χ4n) is 2.91. The van der Waals surface area contributed by atoms with Gasteiger partial charge >= 0.3 is 12.0 Å². The fraction of sp³-hybridized carbons (Fsp3) is 0.421. The van der Waals surface area contributed by atoms with Crippen LogP contribution in [0.2, 0.25) is 0 Å². The Morgan fingerprint density at radius 2 is 1.93 bits per heavy atom. The van der Waals surface area contributed by atoms with Crippen molar-refractivity contribution in [1.29, 1.82) is 0 Å². The molecule has 0 aliphatic rings. The Morgan fingerprint density at radius 3 is 2.52 bits per heavy atom. The number of anilines is 1. The fourth-order valence-corrected chi connectivity index (χ4v) is 2.91. The van der Waals surface area contributed by atoms with E-state index in [0.717, 1.165) is 17.1 Å². The maximum Gasteiger partial charge on any atom is 0.319 e. The molecule has 0 saturated carbocycles. The summed E-state index contributed by atoms with van der Waals surface area (Å²) < 4.78 is 11.6. The van der Waals surface area contributed by atoms with Crippen molar-refractivity contribution in [2.24, 2.45) is 0 Å². The lowest BCUT2D eigenvalue weighted by Crippen LogP contribution is -2.52. The number of ether oxygens (including phenoxy) is 2. The lowest BCUT2D eigenvalue weighted by Gasteiger charge is -2.29. The summed E-state index contributed by atoms with van der Waals surface area (Å²) in [5.41, 5.74) is 2.28. The molecule has 8 nitrogen and oxygen atoms in total. The van der Waals surface area contributed by atoms with Gasteiger partial charge in [-0.05, 0) is 39.0 Å². The van der Waals surface area contributed by atoms with E-state index in [0.29, 0.717) is 5.69 Å². The van der Waals surface area contributed by atoms with Gasteiger partial charge in [0.2, 0.25) is 0 Å².